The molecule has 0 atom stereocenters. The average molecular weight is 268 g/mol. The van der Waals surface area contributed by atoms with E-state index in [9.17, 15) is 0 Å². The summed E-state index contributed by atoms with van der Waals surface area (Å²) in [4.78, 5) is 2.27. The highest BCUT2D eigenvalue weighted by Crippen LogP contribution is 2.30. The van der Waals surface area contributed by atoms with E-state index in [2.05, 4.69) is 29.1 Å². The maximum atomic E-state index is 5.72. The molecule has 0 spiro atoms. The van der Waals surface area contributed by atoms with E-state index in [4.69, 9.17) is 11.6 Å². The summed E-state index contributed by atoms with van der Waals surface area (Å²) in [6.07, 6.45) is 6.56. The first-order chi connectivity index (χ1) is 8.74. The molecule has 18 heavy (non-hydrogen) atoms. The van der Waals surface area contributed by atoms with E-state index >= 15 is 0 Å². The highest BCUT2D eigenvalue weighted by molar-refractivity contribution is 6.16. The zero-order chi connectivity index (χ0) is 13.0. The Labute approximate surface area is 115 Å². The van der Waals surface area contributed by atoms with Gasteiger partial charge in [-0.15, -0.1) is 16.7 Å². The second-order valence-electron chi connectivity index (χ2n) is 5.21. The molecule has 1 aromatic heterocycles. The molecule has 0 N–H and O–H groups in total. The molecular formula is C14H22ClN3. The SMILES string of the molecule is CCC1CCC(N(C)c2ccc(CCl)nn2)CC1. The van der Waals surface area contributed by atoms with Crippen molar-refractivity contribution in [2.24, 2.45) is 5.92 Å². The molecule has 1 aliphatic carbocycles. The predicted molar refractivity (Wildman–Crippen MR) is 76.0 cm³/mol. The Morgan fingerprint density at radius 3 is 2.44 bits per heavy atom. The maximum absolute atomic E-state index is 5.72. The molecule has 4 heteroatoms. The Morgan fingerprint density at radius 1 is 1.22 bits per heavy atom. The van der Waals surface area contributed by atoms with Crippen molar-refractivity contribution in [2.75, 3.05) is 11.9 Å². The summed E-state index contributed by atoms with van der Waals surface area (Å²) >= 11 is 5.72. The molecular weight excluding hydrogens is 246 g/mol. The van der Waals surface area contributed by atoms with Gasteiger partial charge in [0.2, 0.25) is 0 Å². The highest BCUT2D eigenvalue weighted by Gasteiger charge is 2.23. The smallest absolute Gasteiger partial charge is 0.151 e. The van der Waals surface area contributed by atoms with Gasteiger partial charge in [0.1, 0.15) is 0 Å². The summed E-state index contributed by atoms with van der Waals surface area (Å²) in [6, 6.07) is 4.60. The zero-order valence-corrected chi connectivity index (χ0v) is 12.0. The van der Waals surface area contributed by atoms with Crippen molar-refractivity contribution in [2.45, 2.75) is 50.9 Å². The first-order valence-electron chi connectivity index (χ1n) is 6.86. The molecule has 0 radical (unpaired) electrons. The van der Waals surface area contributed by atoms with Gasteiger partial charge in [-0.3, -0.25) is 0 Å². The summed E-state index contributed by atoms with van der Waals surface area (Å²) in [5.74, 6) is 2.32. The third kappa shape index (κ3) is 3.14. The van der Waals surface area contributed by atoms with Gasteiger partial charge in [-0.25, -0.2) is 0 Å². The number of halogens is 1. The Morgan fingerprint density at radius 2 is 1.94 bits per heavy atom. The standard InChI is InChI=1S/C14H22ClN3/c1-3-11-4-7-13(8-5-11)18(2)14-9-6-12(10-15)16-17-14/h6,9,11,13H,3-5,7-8,10H2,1-2H3. The second-order valence-corrected chi connectivity index (χ2v) is 5.48. The van der Waals surface area contributed by atoms with Gasteiger partial charge in [-0.1, -0.05) is 13.3 Å². The van der Waals surface area contributed by atoms with Crippen molar-refractivity contribution in [3.8, 4) is 0 Å². The van der Waals surface area contributed by atoms with Gasteiger partial charge in [0, 0.05) is 13.1 Å². The number of hydrogen-bond acceptors (Lipinski definition) is 3. The summed E-state index contributed by atoms with van der Waals surface area (Å²) in [5, 5.41) is 8.38. The fourth-order valence-electron chi connectivity index (χ4n) is 2.74. The van der Waals surface area contributed by atoms with Crippen molar-refractivity contribution >= 4 is 17.4 Å². The van der Waals surface area contributed by atoms with Gasteiger partial charge in [0.05, 0.1) is 11.6 Å². The second kappa shape index (κ2) is 6.37. The minimum absolute atomic E-state index is 0.429. The monoisotopic (exact) mass is 267 g/mol. The van der Waals surface area contributed by atoms with Crippen LogP contribution in [0.25, 0.3) is 0 Å². The van der Waals surface area contributed by atoms with Crippen LogP contribution in [-0.4, -0.2) is 23.3 Å². The molecule has 1 aromatic rings. The van der Waals surface area contributed by atoms with Crippen LogP contribution < -0.4 is 4.90 Å². The molecule has 0 amide bonds. The van der Waals surface area contributed by atoms with Crippen LogP contribution in [0.2, 0.25) is 0 Å². The lowest BCUT2D eigenvalue weighted by molar-refractivity contribution is 0.312. The molecule has 0 aromatic carbocycles. The fraction of sp³-hybridized carbons (Fsp3) is 0.714. The molecule has 1 saturated carbocycles. The zero-order valence-electron chi connectivity index (χ0n) is 11.3. The van der Waals surface area contributed by atoms with Gasteiger partial charge in [0.15, 0.2) is 5.82 Å². The number of alkyl halides is 1. The minimum atomic E-state index is 0.429. The summed E-state index contributed by atoms with van der Waals surface area (Å²) in [7, 11) is 2.13. The average Bonchev–Trinajstić information content (AvgIpc) is 2.47. The number of anilines is 1. The van der Waals surface area contributed by atoms with Crippen molar-refractivity contribution in [3.63, 3.8) is 0 Å². The van der Waals surface area contributed by atoms with Crippen molar-refractivity contribution in [1.29, 1.82) is 0 Å². The number of nitrogens with zero attached hydrogens (tertiary/aromatic N) is 3. The first-order valence-corrected chi connectivity index (χ1v) is 7.39. The van der Waals surface area contributed by atoms with E-state index in [-0.39, 0.29) is 0 Å². The number of aromatic nitrogens is 2. The number of hydrogen-bond donors (Lipinski definition) is 0. The third-order valence-corrected chi connectivity index (χ3v) is 4.42. The first kappa shape index (κ1) is 13.6. The third-order valence-electron chi connectivity index (χ3n) is 4.15. The molecule has 3 nitrogen and oxygen atoms in total. The van der Waals surface area contributed by atoms with E-state index in [1.165, 1.54) is 32.1 Å². The highest BCUT2D eigenvalue weighted by atomic mass is 35.5. The van der Waals surface area contributed by atoms with E-state index < -0.39 is 0 Å². The minimum Gasteiger partial charge on any atom is -0.355 e. The lowest BCUT2D eigenvalue weighted by Crippen LogP contribution is -2.35. The quantitative estimate of drug-likeness (QED) is 0.781. The van der Waals surface area contributed by atoms with Crippen LogP contribution >= 0.6 is 11.6 Å². The molecule has 100 valence electrons. The molecule has 1 aliphatic rings. The molecule has 0 aliphatic heterocycles. The molecule has 0 saturated heterocycles. The van der Waals surface area contributed by atoms with Crippen molar-refractivity contribution in [1.82, 2.24) is 10.2 Å². The number of rotatable bonds is 4. The lowest BCUT2D eigenvalue weighted by atomic mass is 9.84. The largest absolute Gasteiger partial charge is 0.355 e. The van der Waals surface area contributed by atoms with E-state index in [1.807, 2.05) is 12.1 Å². The van der Waals surface area contributed by atoms with Crippen LogP contribution in [-0.2, 0) is 5.88 Å². The van der Waals surface area contributed by atoms with Crippen LogP contribution in [0, 0.1) is 5.92 Å². The van der Waals surface area contributed by atoms with Crippen LogP contribution in [0.1, 0.15) is 44.7 Å². The molecule has 0 bridgehead atoms. The van der Waals surface area contributed by atoms with E-state index in [0.717, 1.165) is 17.4 Å². The van der Waals surface area contributed by atoms with Gasteiger partial charge in [-0.2, -0.15) is 5.10 Å². The van der Waals surface area contributed by atoms with E-state index in [1.54, 1.807) is 0 Å². The van der Waals surface area contributed by atoms with Gasteiger partial charge < -0.3 is 4.90 Å². The maximum Gasteiger partial charge on any atom is 0.151 e. The summed E-state index contributed by atoms with van der Waals surface area (Å²) < 4.78 is 0. The molecule has 0 unspecified atom stereocenters. The topological polar surface area (TPSA) is 29.0 Å². The normalized spacial score (nSPS) is 23.9. The Bertz CT molecular complexity index is 358. The molecule has 1 fully saturated rings. The Hall–Kier alpha value is -0.830. The van der Waals surface area contributed by atoms with Crippen molar-refractivity contribution in [3.05, 3.63) is 17.8 Å². The predicted octanol–water partition coefficient (Wildman–Crippen LogP) is 3.62. The van der Waals surface area contributed by atoms with Crippen LogP contribution in [0.4, 0.5) is 5.82 Å². The molecule has 2 rings (SSSR count). The van der Waals surface area contributed by atoms with E-state index in [0.29, 0.717) is 11.9 Å². The Balaban J connectivity index is 1.96. The van der Waals surface area contributed by atoms with Gasteiger partial charge in [0.25, 0.3) is 0 Å². The van der Waals surface area contributed by atoms with Crippen LogP contribution in [0.15, 0.2) is 12.1 Å². The van der Waals surface area contributed by atoms with Crippen LogP contribution in [0.5, 0.6) is 0 Å². The fourth-order valence-corrected chi connectivity index (χ4v) is 2.88. The van der Waals surface area contributed by atoms with Crippen LogP contribution in [0.3, 0.4) is 0 Å². The molecule has 1 heterocycles. The Kier molecular flexibility index (Phi) is 4.81. The summed E-state index contributed by atoms with van der Waals surface area (Å²) in [6.45, 7) is 2.30. The van der Waals surface area contributed by atoms with Crippen molar-refractivity contribution < 1.29 is 0 Å². The van der Waals surface area contributed by atoms with Gasteiger partial charge in [-0.05, 0) is 43.7 Å². The lowest BCUT2D eigenvalue weighted by Gasteiger charge is -2.34. The summed E-state index contributed by atoms with van der Waals surface area (Å²) in [5.41, 5.74) is 0.837. The van der Waals surface area contributed by atoms with Gasteiger partial charge >= 0.3 is 0 Å².